The minimum Gasteiger partial charge on any atom is -0.328 e. The number of amides is 1. The van der Waals surface area contributed by atoms with Gasteiger partial charge in [-0.1, -0.05) is 12.1 Å². The van der Waals surface area contributed by atoms with Crippen molar-refractivity contribution in [2.75, 3.05) is 6.54 Å². The van der Waals surface area contributed by atoms with Crippen molar-refractivity contribution in [1.82, 2.24) is 4.90 Å². The van der Waals surface area contributed by atoms with E-state index in [0.29, 0.717) is 12.1 Å². The third-order valence-corrected chi connectivity index (χ3v) is 4.41. The van der Waals surface area contributed by atoms with Crippen molar-refractivity contribution in [2.45, 2.75) is 30.2 Å². The van der Waals surface area contributed by atoms with Gasteiger partial charge in [-0.3, -0.25) is 9.59 Å². The zero-order valence-electron chi connectivity index (χ0n) is 9.39. The molecule has 0 radical (unpaired) electrons. The molecule has 1 aromatic rings. The molecular formula is C13H13NO2S. The van der Waals surface area contributed by atoms with E-state index in [0.717, 1.165) is 24.2 Å². The van der Waals surface area contributed by atoms with Gasteiger partial charge < -0.3 is 4.90 Å². The van der Waals surface area contributed by atoms with Gasteiger partial charge in [-0.25, -0.2) is 0 Å². The molecule has 2 aliphatic rings. The van der Waals surface area contributed by atoms with Gasteiger partial charge in [0, 0.05) is 11.4 Å². The summed E-state index contributed by atoms with van der Waals surface area (Å²) < 4.78 is 0. The molecule has 1 saturated heterocycles. The fraction of sp³-hybridized carbons (Fsp3) is 0.385. The second kappa shape index (κ2) is 4.18. The van der Waals surface area contributed by atoms with Crippen LogP contribution in [-0.2, 0) is 4.79 Å². The molecule has 4 heteroatoms. The molecule has 88 valence electrons. The van der Waals surface area contributed by atoms with E-state index in [1.54, 1.807) is 4.90 Å². The van der Waals surface area contributed by atoms with E-state index in [1.807, 2.05) is 24.3 Å². The smallest absolute Gasteiger partial charge is 0.255 e. The maximum absolute atomic E-state index is 12.4. The van der Waals surface area contributed by atoms with Crippen LogP contribution in [0.2, 0.25) is 0 Å². The molecule has 3 nitrogen and oxygen atoms in total. The molecule has 0 bridgehead atoms. The number of carbonyl (C=O) groups is 2. The summed E-state index contributed by atoms with van der Waals surface area (Å²) in [4.78, 5) is 27.1. The van der Waals surface area contributed by atoms with Crippen LogP contribution in [0.25, 0.3) is 0 Å². The Balaban J connectivity index is 2.07. The molecule has 0 unspecified atom stereocenters. The monoisotopic (exact) mass is 247 g/mol. The van der Waals surface area contributed by atoms with Gasteiger partial charge in [-0.15, -0.1) is 0 Å². The van der Waals surface area contributed by atoms with E-state index in [2.05, 4.69) is 0 Å². The number of benzene rings is 1. The Morgan fingerprint density at radius 2 is 2.00 bits per heavy atom. The number of thioether (sulfide) groups is 1. The van der Waals surface area contributed by atoms with Crippen molar-refractivity contribution < 1.29 is 9.59 Å². The molecule has 1 fully saturated rings. The summed E-state index contributed by atoms with van der Waals surface area (Å²) in [5.74, 6) is 0.0173. The van der Waals surface area contributed by atoms with Crippen molar-refractivity contribution in [3.05, 3.63) is 29.8 Å². The lowest BCUT2D eigenvalue weighted by atomic mass is 10.0. The van der Waals surface area contributed by atoms with Gasteiger partial charge in [0.05, 0.1) is 5.56 Å². The van der Waals surface area contributed by atoms with Crippen molar-refractivity contribution in [1.29, 1.82) is 0 Å². The maximum atomic E-state index is 12.4. The minimum absolute atomic E-state index is 0.0173. The molecule has 17 heavy (non-hydrogen) atoms. The average molecular weight is 247 g/mol. The minimum atomic E-state index is -0.214. The van der Waals surface area contributed by atoms with Crippen molar-refractivity contribution >= 4 is 22.8 Å². The van der Waals surface area contributed by atoms with Gasteiger partial charge in [0.1, 0.15) is 6.04 Å². The van der Waals surface area contributed by atoms with Gasteiger partial charge >= 0.3 is 0 Å². The molecule has 1 amide bonds. The number of carbonyl (C=O) groups excluding carboxylic acids is 2. The van der Waals surface area contributed by atoms with E-state index in [-0.39, 0.29) is 17.1 Å². The Morgan fingerprint density at radius 1 is 1.18 bits per heavy atom. The fourth-order valence-corrected chi connectivity index (χ4v) is 3.49. The van der Waals surface area contributed by atoms with Crippen LogP contribution in [0.3, 0.4) is 0 Å². The van der Waals surface area contributed by atoms with E-state index in [4.69, 9.17) is 0 Å². The summed E-state index contributed by atoms with van der Waals surface area (Å²) >= 11 is 1.22. The molecule has 3 rings (SSSR count). The maximum Gasteiger partial charge on any atom is 0.255 e. The summed E-state index contributed by atoms with van der Waals surface area (Å²) in [5.41, 5.74) is 0.676. The lowest BCUT2D eigenvalue weighted by molar-refractivity contribution is -0.115. The molecule has 2 aliphatic heterocycles. The van der Waals surface area contributed by atoms with Gasteiger partial charge in [0.2, 0.25) is 5.12 Å². The topological polar surface area (TPSA) is 37.4 Å². The lowest BCUT2D eigenvalue weighted by Crippen LogP contribution is -2.46. The number of rotatable bonds is 0. The predicted octanol–water partition coefficient (Wildman–Crippen LogP) is 2.31. The van der Waals surface area contributed by atoms with Crippen LogP contribution in [0.5, 0.6) is 0 Å². The largest absolute Gasteiger partial charge is 0.328 e. The molecule has 1 atom stereocenters. The van der Waals surface area contributed by atoms with Crippen LogP contribution in [0, 0.1) is 0 Å². The van der Waals surface area contributed by atoms with Crippen LogP contribution in [0.4, 0.5) is 0 Å². The number of nitrogens with zero attached hydrogens (tertiary/aromatic N) is 1. The summed E-state index contributed by atoms with van der Waals surface area (Å²) in [6, 6.07) is 7.18. The molecule has 2 heterocycles. The summed E-state index contributed by atoms with van der Waals surface area (Å²) in [6.07, 6.45) is 2.85. The van der Waals surface area contributed by atoms with Gasteiger partial charge in [-0.2, -0.15) is 0 Å². The van der Waals surface area contributed by atoms with Crippen molar-refractivity contribution in [3.8, 4) is 0 Å². The van der Waals surface area contributed by atoms with Gasteiger partial charge in [0.15, 0.2) is 0 Å². The highest BCUT2D eigenvalue weighted by Crippen LogP contribution is 2.34. The number of fused-ring (bicyclic) bond motifs is 2. The first kappa shape index (κ1) is 10.8. The molecule has 0 aliphatic carbocycles. The van der Waals surface area contributed by atoms with Crippen molar-refractivity contribution in [3.63, 3.8) is 0 Å². The molecular weight excluding hydrogens is 234 g/mol. The number of hydrogen-bond acceptors (Lipinski definition) is 3. The SMILES string of the molecule is O=C1Sc2ccccc2C(=O)N2CCCC[C@@H]12. The normalized spacial score (nSPS) is 24.0. The lowest BCUT2D eigenvalue weighted by Gasteiger charge is -2.32. The van der Waals surface area contributed by atoms with E-state index < -0.39 is 0 Å². The molecule has 0 saturated carbocycles. The van der Waals surface area contributed by atoms with Gasteiger partial charge in [0.25, 0.3) is 5.91 Å². The quantitative estimate of drug-likeness (QED) is 0.706. The van der Waals surface area contributed by atoms with E-state index in [9.17, 15) is 9.59 Å². The van der Waals surface area contributed by atoms with Crippen LogP contribution in [0.15, 0.2) is 29.2 Å². The average Bonchev–Trinajstić information content (AvgIpc) is 2.48. The highest BCUT2D eigenvalue weighted by Gasteiger charge is 2.36. The van der Waals surface area contributed by atoms with Crippen LogP contribution < -0.4 is 0 Å². The fourth-order valence-electron chi connectivity index (χ4n) is 2.48. The third-order valence-electron chi connectivity index (χ3n) is 3.36. The standard InChI is InChI=1S/C13H13NO2S/c15-12-9-5-1-2-7-11(9)17-13(16)10-6-3-4-8-14(10)12/h1-2,5,7,10H,3-4,6,8H2/t10-/m0/s1. The van der Waals surface area contributed by atoms with Crippen LogP contribution in [0.1, 0.15) is 29.6 Å². The summed E-state index contributed by atoms with van der Waals surface area (Å²) in [5, 5.41) is 0.114. The Kier molecular flexibility index (Phi) is 2.67. The highest BCUT2D eigenvalue weighted by atomic mass is 32.2. The first-order chi connectivity index (χ1) is 8.27. The Morgan fingerprint density at radius 3 is 2.88 bits per heavy atom. The first-order valence-electron chi connectivity index (χ1n) is 5.89. The second-order valence-corrected chi connectivity index (χ2v) is 5.47. The van der Waals surface area contributed by atoms with E-state index >= 15 is 0 Å². The molecule has 0 N–H and O–H groups in total. The number of hydrogen-bond donors (Lipinski definition) is 0. The Labute approximate surface area is 104 Å². The third kappa shape index (κ3) is 1.76. The second-order valence-electron chi connectivity index (χ2n) is 4.43. The molecule has 0 spiro atoms. The summed E-state index contributed by atoms with van der Waals surface area (Å²) in [7, 11) is 0. The Bertz CT molecular complexity index is 486. The zero-order valence-corrected chi connectivity index (χ0v) is 10.2. The molecule has 1 aromatic carbocycles. The Hall–Kier alpha value is -1.29. The highest BCUT2D eigenvalue weighted by molar-refractivity contribution is 8.13. The van der Waals surface area contributed by atoms with Gasteiger partial charge in [-0.05, 0) is 43.2 Å². The van der Waals surface area contributed by atoms with E-state index in [1.165, 1.54) is 11.8 Å². The summed E-state index contributed by atoms with van der Waals surface area (Å²) in [6.45, 7) is 0.712. The van der Waals surface area contributed by atoms with Crippen LogP contribution >= 0.6 is 11.8 Å². The zero-order chi connectivity index (χ0) is 11.8. The van der Waals surface area contributed by atoms with Crippen molar-refractivity contribution in [2.24, 2.45) is 0 Å². The van der Waals surface area contributed by atoms with Crippen LogP contribution in [-0.4, -0.2) is 28.5 Å². The number of piperidine rings is 1. The molecule has 0 aromatic heterocycles. The first-order valence-corrected chi connectivity index (χ1v) is 6.71. The predicted molar refractivity (Wildman–Crippen MR) is 66.0 cm³/mol.